The smallest absolute Gasteiger partial charge is 0.337 e. The van der Waals surface area contributed by atoms with E-state index in [4.69, 9.17) is 0 Å². The molecule has 2 aromatic rings. The van der Waals surface area contributed by atoms with Crippen molar-refractivity contribution in [3.8, 4) is 0 Å². The molecule has 1 heterocycles. The number of hydrogen-bond donors (Lipinski definition) is 2. The highest BCUT2D eigenvalue weighted by molar-refractivity contribution is 6.06. The summed E-state index contributed by atoms with van der Waals surface area (Å²) in [6.45, 7) is 1.32. The highest BCUT2D eigenvalue weighted by Crippen LogP contribution is 2.18. The molecule has 0 bridgehead atoms. The van der Waals surface area contributed by atoms with Gasteiger partial charge in [-0.2, -0.15) is 0 Å². The average Bonchev–Trinajstić information content (AvgIpc) is 2.66. The summed E-state index contributed by atoms with van der Waals surface area (Å²) in [5, 5.41) is 5.06. The number of pyridine rings is 1. The number of anilines is 2. The third-order valence-corrected chi connectivity index (χ3v) is 3.36. The summed E-state index contributed by atoms with van der Waals surface area (Å²) in [4.78, 5) is 51.1. The summed E-state index contributed by atoms with van der Waals surface area (Å²) in [5.74, 6) is -1.98. The Balaban J connectivity index is 2.32. The van der Waals surface area contributed by atoms with Gasteiger partial charge in [-0.05, 0) is 30.3 Å². The summed E-state index contributed by atoms with van der Waals surface area (Å²) in [5.41, 5.74) is 0.562. The van der Waals surface area contributed by atoms with Crippen LogP contribution in [0.1, 0.15) is 38.0 Å². The van der Waals surface area contributed by atoms with Crippen molar-refractivity contribution < 1.29 is 28.7 Å². The molecule has 2 amide bonds. The second-order valence-corrected chi connectivity index (χ2v) is 5.35. The van der Waals surface area contributed by atoms with Crippen LogP contribution in [0.15, 0.2) is 36.5 Å². The predicted molar refractivity (Wildman–Crippen MR) is 95.6 cm³/mol. The molecule has 2 N–H and O–H groups in total. The van der Waals surface area contributed by atoms with Gasteiger partial charge in [-0.1, -0.05) is 0 Å². The molecule has 0 aliphatic heterocycles. The van der Waals surface area contributed by atoms with E-state index in [1.165, 1.54) is 57.7 Å². The Labute approximate surface area is 154 Å². The Kier molecular flexibility index (Phi) is 6.21. The van der Waals surface area contributed by atoms with Crippen LogP contribution in [-0.2, 0) is 14.3 Å². The molecule has 27 heavy (non-hydrogen) atoms. The first kappa shape index (κ1) is 19.6. The van der Waals surface area contributed by atoms with E-state index in [-0.39, 0.29) is 34.1 Å². The fourth-order valence-electron chi connectivity index (χ4n) is 2.19. The number of benzene rings is 1. The molecule has 0 saturated heterocycles. The molecule has 0 atom stereocenters. The number of nitrogens with zero attached hydrogens (tertiary/aromatic N) is 1. The molecule has 9 nitrogen and oxygen atoms in total. The van der Waals surface area contributed by atoms with Crippen molar-refractivity contribution >= 4 is 35.3 Å². The zero-order valence-corrected chi connectivity index (χ0v) is 14.9. The third-order valence-electron chi connectivity index (χ3n) is 3.36. The normalized spacial score (nSPS) is 9.89. The summed E-state index contributed by atoms with van der Waals surface area (Å²) >= 11 is 0. The first-order valence-corrected chi connectivity index (χ1v) is 7.70. The van der Waals surface area contributed by atoms with Gasteiger partial charge in [-0.25, -0.2) is 14.6 Å². The van der Waals surface area contributed by atoms with Gasteiger partial charge in [0.1, 0.15) is 5.82 Å². The lowest BCUT2D eigenvalue weighted by atomic mass is 10.1. The second kappa shape index (κ2) is 8.56. The van der Waals surface area contributed by atoms with Gasteiger partial charge in [0.25, 0.3) is 5.91 Å². The molecule has 9 heteroatoms. The van der Waals surface area contributed by atoms with Crippen molar-refractivity contribution in [1.29, 1.82) is 0 Å². The van der Waals surface area contributed by atoms with Crippen LogP contribution in [0, 0.1) is 0 Å². The molecule has 2 rings (SSSR count). The van der Waals surface area contributed by atoms with Crippen molar-refractivity contribution in [2.45, 2.75) is 6.92 Å². The van der Waals surface area contributed by atoms with Gasteiger partial charge in [0.2, 0.25) is 5.91 Å². The number of aromatic nitrogens is 1. The fourth-order valence-corrected chi connectivity index (χ4v) is 2.19. The summed E-state index contributed by atoms with van der Waals surface area (Å²) in [6.07, 6.45) is 1.37. The number of carbonyl (C=O) groups is 4. The first-order valence-electron chi connectivity index (χ1n) is 7.70. The number of rotatable bonds is 5. The second-order valence-electron chi connectivity index (χ2n) is 5.35. The first-order chi connectivity index (χ1) is 12.8. The monoisotopic (exact) mass is 371 g/mol. The van der Waals surface area contributed by atoms with Crippen LogP contribution >= 0.6 is 0 Å². The molecule has 1 aromatic heterocycles. The molecular formula is C18H17N3O6. The SMILES string of the molecule is COC(=O)c1cc(NC(=O)c2ccnc(NC(C)=O)c2)cc(C(=O)OC)c1. The third kappa shape index (κ3) is 5.11. The van der Waals surface area contributed by atoms with Crippen molar-refractivity contribution in [3.05, 3.63) is 53.2 Å². The number of esters is 2. The molecule has 0 unspecified atom stereocenters. The van der Waals surface area contributed by atoms with Crippen LogP contribution in [0.3, 0.4) is 0 Å². The van der Waals surface area contributed by atoms with Crippen LogP contribution in [0.4, 0.5) is 11.5 Å². The Morgan fingerprint density at radius 1 is 0.852 bits per heavy atom. The van der Waals surface area contributed by atoms with Gasteiger partial charge in [0, 0.05) is 24.4 Å². The van der Waals surface area contributed by atoms with Crippen molar-refractivity contribution in [3.63, 3.8) is 0 Å². The van der Waals surface area contributed by atoms with Gasteiger partial charge in [-0.3, -0.25) is 9.59 Å². The molecular weight excluding hydrogens is 354 g/mol. The van der Waals surface area contributed by atoms with Crippen molar-refractivity contribution in [2.75, 3.05) is 24.9 Å². The van der Waals surface area contributed by atoms with Gasteiger partial charge >= 0.3 is 11.9 Å². The zero-order chi connectivity index (χ0) is 20.0. The standard InChI is InChI=1S/C18H17N3O6/c1-10(22)20-15-9-11(4-5-19-15)16(23)21-14-7-12(17(24)26-2)6-13(8-14)18(25)27-3/h4-9H,1-3H3,(H,21,23)(H,19,20,22). The number of carbonyl (C=O) groups excluding carboxylic acids is 4. The average molecular weight is 371 g/mol. The minimum absolute atomic E-state index is 0.0735. The number of amides is 2. The molecule has 0 aliphatic carbocycles. The zero-order valence-electron chi connectivity index (χ0n) is 14.9. The summed E-state index contributed by atoms with van der Waals surface area (Å²) < 4.78 is 9.30. The number of ether oxygens (including phenoxy) is 2. The highest BCUT2D eigenvalue weighted by Gasteiger charge is 2.16. The largest absolute Gasteiger partial charge is 0.465 e. The molecule has 0 saturated carbocycles. The van der Waals surface area contributed by atoms with E-state index >= 15 is 0 Å². The number of nitrogens with one attached hydrogen (secondary N) is 2. The van der Waals surface area contributed by atoms with Gasteiger partial charge in [0.15, 0.2) is 0 Å². The van der Waals surface area contributed by atoms with E-state index in [0.29, 0.717) is 0 Å². The van der Waals surface area contributed by atoms with E-state index in [1.807, 2.05) is 0 Å². The molecule has 0 radical (unpaired) electrons. The molecule has 1 aromatic carbocycles. The quantitative estimate of drug-likeness (QED) is 0.769. The van der Waals surface area contributed by atoms with E-state index in [1.54, 1.807) is 0 Å². The molecule has 0 aliphatic rings. The maximum absolute atomic E-state index is 12.5. The van der Waals surface area contributed by atoms with E-state index in [9.17, 15) is 19.2 Å². The Hall–Kier alpha value is -3.75. The minimum Gasteiger partial charge on any atom is -0.465 e. The highest BCUT2D eigenvalue weighted by atomic mass is 16.5. The van der Waals surface area contributed by atoms with E-state index in [2.05, 4.69) is 25.1 Å². The van der Waals surface area contributed by atoms with Crippen LogP contribution in [0.2, 0.25) is 0 Å². The number of methoxy groups -OCH3 is 2. The van der Waals surface area contributed by atoms with E-state index < -0.39 is 17.8 Å². The topological polar surface area (TPSA) is 124 Å². The maximum Gasteiger partial charge on any atom is 0.337 e. The van der Waals surface area contributed by atoms with Gasteiger partial charge in [-0.15, -0.1) is 0 Å². The van der Waals surface area contributed by atoms with Crippen LogP contribution < -0.4 is 10.6 Å². The van der Waals surface area contributed by atoms with Crippen LogP contribution in [0.25, 0.3) is 0 Å². The number of hydrogen-bond acceptors (Lipinski definition) is 7. The predicted octanol–water partition coefficient (Wildman–Crippen LogP) is 1.87. The Morgan fingerprint density at radius 2 is 1.44 bits per heavy atom. The summed E-state index contributed by atoms with van der Waals surface area (Å²) in [6, 6.07) is 6.88. The Bertz CT molecular complexity index is 875. The fraction of sp³-hybridized carbons (Fsp3) is 0.167. The van der Waals surface area contributed by atoms with E-state index in [0.717, 1.165) is 0 Å². The molecule has 140 valence electrons. The maximum atomic E-state index is 12.5. The van der Waals surface area contributed by atoms with Crippen LogP contribution in [0.5, 0.6) is 0 Å². The summed E-state index contributed by atoms with van der Waals surface area (Å²) in [7, 11) is 2.40. The van der Waals surface area contributed by atoms with Gasteiger partial charge < -0.3 is 20.1 Å². The lowest BCUT2D eigenvalue weighted by molar-refractivity contribution is -0.114. The van der Waals surface area contributed by atoms with Crippen molar-refractivity contribution in [2.24, 2.45) is 0 Å². The molecule has 0 fully saturated rings. The molecule has 0 spiro atoms. The minimum atomic E-state index is -0.673. The lowest BCUT2D eigenvalue weighted by Gasteiger charge is -2.10. The van der Waals surface area contributed by atoms with Gasteiger partial charge in [0.05, 0.1) is 25.3 Å². The Morgan fingerprint density at radius 3 is 1.96 bits per heavy atom. The lowest BCUT2D eigenvalue weighted by Crippen LogP contribution is -2.15. The van der Waals surface area contributed by atoms with Crippen LogP contribution in [-0.4, -0.2) is 43.0 Å². The van der Waals surface area contributed by atoms with Crippen molar-refractivity contribution in [1.82, 2.24) is 4.98 Å².